The van der Waals surface area contributed by atoms with Gasteiger partial charge in [-0.05, 0) is 36.8 Å². The molecule has 1 atom stereocenters. The van der Waals surface area contributed by atoms with Crippen LogP contribution >= 0.6 is 11.8 Å². The Morgan fingerprint density at radius 1 is 1.12 bits per heavy atom. The molecule has 0 saturated heterocycles. The van der Waals surface area contributed by atoms with Crippen molar-refractivity contribution >= 4 is 11.8 Å². The molecule has 0 spiro atoms. The molecule has 0 radical (unpaired) electrons. The van der Waals surface area contributed by atoms with E-state index in [2.05, 4.69) is 16.3 Å². The van der Waals surface area contributed by atoms with Gasteiger partial charge in [0.1, 0.15) is 0 Å². The lowest BCUT2D eigenvalue weighted by Crippen LogP contribution is -2.00. The second kappa shape index (κ2) is 7.30. The van der Waals surface area contributed by atoms with E-state index >= 15 is 0 Å². The number of benzene rings is 2. The number of nitriles is 1. The van der Waals surface area contributed by atoms with E-state index in [4.69, 9.17) is 9.68 Å². The minimum atomic E-state index is -0.669. The normalized spacial score (nSPS) is 11.9. The first-order valence-corrected chi connectivity index (χ1v) is 8.36. The topological polar surface area (TPSA) is 82.9 Å². The van der Waals surface area contributed by atoms with Gasteiger partial charge in [-0.25, -0.2) is 0 Å². The maximum atomic E-state index is 10.2. The zero-order chi connectivity index (χ0) is 16.9. The van der Waals surface area contributed by atoms with Gasteiger partial charge in [0.2, 0.25) is 5.89 Å². The molecule has 3 rings (SSSR count). The van der Waals surface area contributed by atoms with Gasteiger partial charge < -0.3 is 9.52 Å². The lowest BCUT2D eigenvalue weighted by molar-refractivity contribution is 0.203. The third kappa shape index (κ3) is 3.82. The molecule has 120 valence electrons. The average Bonchev–Trinajstić information content (AvgIpc) is 3.09. The van der Waals surface area contributed by atoms with Gasteiger partial charge in [0.25, 0.3) is 5.22 Å². The number of aliphatic hydroxyl groups excluding tert-OH is 1. The average molecular weight is 337 g/mol. The molecule has 1 aromatic heterocycles. The number of aliphatic hydroxyl groups is 1. The summed E-state index contributed by atoms with van der Waals surface area (Å²) in [5.74, 6) is 0.854. The molecule has 0 aliphatic carbocycles. The fraction of sp³-hybridized carbons (Fsp3) is 0.167. The predicted octanol–water partition coefficient (Wildman–Crippen LogP) is 3.74. The molecule has 1 heterocycles. The Labute approximate surface area is 144 Å². The molecule has 0 bridgehead atoms. The van der Waals surface area contributed by atoms with Crippen LogP contribution in [0.5, 0.6) is 0 Å². The van der Waals surface area contributed by atoms with Crippen molar-refractivity contribution in [3.63, 3.8) is 0 Å². The third-order valence-electron chi connectivity index (χ3n) is 3.49. The van der Waals surface area contributed by atoms with Gasteiger partial charge in [0.15, 0.2) is 0 Å². The van der Waals surface area contributed by atoms with Gasteiger partial charge in [0, 0.05) is 11.3 Å². The largest absolute Gasteiger partial charge is 0.411 e. The highest BCUT2D eigenvalue weighted by atomic mass is 32.2. The SMILES string of the molecule is Cc1ccc(-c2nnc(SCC(O)c3ccc(C#N)cc3)o2)cc1. The Hall–Kier alpha value is -2.62. The Balaban J connectivity index is 1.62. The second-order valence-corrected chi connectivity index (χ2v) is 6.27. The molecule has 1 unspecified atom stereocenters. The molecule has 1 N–H and O–H groups in total. The fourth-order valence-corrected chi connectivity index (χ4v) is 2.84. The Morgan fingerprint density at radius 2 is 1.83 bits per heavy atom. The monoisotopic (exact) mass is 337 g/mol. The number of thioether (sulfide) groups is 1. The van der Waals surface area contributed by atoms with Crippen molar-refractivity contribution in [3.8, 4) is 17.5 Å². The summed E-state index contributed by atoms with van der Waals surface area (Å²) in [4.78, 5) is 0. The highest BCUT2D eigenvalue weighted by molar-refractivity contribution is 7.99. The van der Waals surface area contributed by atoms with Crippen molar-refractivity contribution in [1.82, 2.24) is 10.2 Å². The Bertz CT molecular complexity index is 851. The van der Waals surface area contributed by atoms with E-state index < -0.39 is 6.10 Å². The molecule has 6 heteroatoms. The molecule has 5 nitrogen and oxygen atoms in total. The minimum absolute atomic E-state index is 0.390. The summed E-state index contributed by atoms with van der Waals surface area (Å²) >= 11 is 1.30. The van der Waals surface area contributed by atoms with Gasteiger partial charge >= 0.3 is 0 Å². The van der Waals surface area contributed by atoms with Crippen molar-refractivity contribution in [3.05, 3.63) is 65.2 Å². The summed E-state index contributed by atoms with van der Waals surface area (Å²) in [6.45, 7) is 2.02. The highest BCUT2D eigenvalue weighted by Crippen LogP contribution is 2.27. The maximum absolute atomic E-state index is 10.2. The molecular weight excluding hydrogens is 322 g/mol. The van der Waals surface area contributed by atoms with Crippen LogP contribution in [-0.2, 0) is 0 Å². The minimum Gasteiger partial charge on any atom is -0.411 e. The van der Waals surface area contributed by atoms with Crippen molar-refractivity contribution in [2.45, 2.75) is 18.3 Å². The molecule has 0 amide bonds. The Morgan fingerprint density at radius 3 is 2.50 bits per heavy atom. The third-order valence-corrected chi connectivity index (χ3v) is 4.39. The van der Waals surface area contributed by atoms with E-state index in [-0.39, 0.29) is 0 Å². The van der Waals surface area contributed by atoms with Crippen molar-refractivity contribution in [2.75, 3.05) is 5.75 Å². The lowest BCUT2D eigenvalue weighted by Gasteiger charge is -2.08. The molecule has 0 aliphatic heterocycles. The van der Waals surface area contributed by atoms with Crippen molar-refractivity contribution in [2.24, 2.45) is 0 Å². The van der Waals surface area contributed by atoms with Crippen LogP contribution in [0, 0.1) is 18.3 Å². The van der Waals surface area contributed by atoms with Gasteiger partial charge in [-0.15, -0.1) is 10.2 Å². The zero-order valence-corrected chi connectivity index (χ0v) is 13.8. The maximum Gasteiger partial charge on any atom is 0.276 e. The number of hydrogen-bond donors (Lipinski definition) is 1. The van der Waals surface area contributed by atoms with Crippen LogP contribution in [0.4, 0.5) is 0 Å². The molecule has 3 aromatic rings. The standard InChI is InChI=1S/C18H15N3O2S/c1-12-2-6-15(7-3-12)17-20-21-18(23-17)24-11-16(22)14-8-4-13(10-19)5-9-14/h2-9,16,22H,11H2,1H3. The van der Waals surface area contributed by atoms with E-state index in [1.54, 1.807) is 24.3 Å². The summed E-state index contributed by atoms with van der Waals surface area (Å²) in [5, 5.41) is 27.4. The van der Waals surface area contributed by atoms with Crippen LogP contribution in [0.2, 0.25) is 0 Å². The van der Waals surface area contributed by atoms with Crippen molar-refractivity contribution in [1.29, 1.82) is 5.26 Å². The number of rotatable bonds is 5. The van der Waals surface area contributed by atoms with Gasteiger partial charge in [-0.2, -0.15) is 5.26 Å². The van der Waals surface area contributed by atoms with Crippen LogP contribution in [0.25, 0.3) is 11.5 Å². The fourth-order valence-electron chi connectivity index (χ4n) is 2.11. The zero-order valence-electron chi connectivity index (χ0n) is 13.0. The molecular formula is C18H15N3O2S. The first kappa shape index (κ1) is 16.2. The smallest absolute Gasteiger partial charge is 0.276 e. The van der Waals surface area contributed by atoms with E-state index in [0.717, 1.165) is 11.1 Å². The molecule has 0 saturated carbocycles. The molecule has 2 aromatic carbocycles. The molecule has 24 heavy (non-hydrogen) atoms. The first-order chi connectivity index (χ1) is 11.7. The number of aryl methyl sites for hydroxylation is 1. The van der Waals surface area contributed by atoms with Gasteiger partial charge in [-0.3, -0.25) is 0 Å². The summed E-state index contributed by atoms with van der Waals surface area (Å²) in [5.41, 5.74) is 3.35. The van der Waals surface area contributed by atoms with E-state index in [0.29, 0.717) is 22.4 Å². The second-order valence-electron chi connectivity index (χ2n) is 5.30. The highest BCUT2D eigenvalue weighted by Gasteiger charge is 2.13. The van der Waals surface area contributed by atoms with E-state index in [1.165, 1.54) is 17.3 Å². The van der Waals surface area contributed by atoms with Crippen LogP contribution in [-0.4, -0.2) is 21.1 Å². The Kier molecular flexibility index (Phi) is 4.94. The van der Waals surface area contributed by atoms with Gasteiger partial charge in [0.05, 0.1) is 17.7 Å². The van der Waals surface area contributed by atoms with Crippen molar-refractivity contribution < 1.29 is 9.52 Å². The number of aromatic nitrogens is 2. The van der Waals surface area contributed by atoms with Crippen LogP contribution < -0.4 is 0 Å². The first-order valence-electron chi connectivity index (χ1n) is 7.37. The van der Waals surface area contributed by atoms with E-state index in [9.17, 15) is 5.11 Å². The van der Waals surface area contributed by atoms with E-state index in [1.807, 2.05) is 31.2 Å². The predicted molar refractivity (Wildman–Crippen MR) is 91.3 cm³/mol. The van der Waals surface area contributed by atoms with Crippen LogP contribution in [0.1, 0.15) is 22.8 Å². The summed E-state index contributed by atoms with van der Waals surface area (Å²) < 4.78 is 5.62. The molecule has 0 aliphatic rings. The summed E-state index contributed by atoms with van der Waals surface area (Å²) in [7, 11) is 0. The molecule has 0 fully saturated rings. The lowest BCUT2D eigenvalue weighted by atomic mass is 10.1. The van der Waals surface area contributed by atoms with Crippen LogP contribution in [0.15, 0.2) is 58.2 Å². The summed E-state index contributed by atoms with van der Waals surface area (Å²) in [6, 6.07) is 16.8. The number of hydrogen-bond acceptors (Lipinski definition) is 6. The van der Waals surface area contributed by atoms with Crippen LogP contribution in [0.3, 0.4) is 0 Å². The number of nitrogens with zero attached hydrogens (tertiary/aromatic N) is 3. The van der Waals surface area contributed by atoms with Gasteiger partial charge in [-0.1, -0.05) is 41.6 Å². The quantitative estimate of drug-likeness (QED) is 0.714. The summed E-state index contributed by atoms with van der Waals surface area (Å²) in [6.07, 6.45) is -0.669.